The van der Waals surface area contributed by atoms with Crippen LogP contribution >= 0.6 is 15.9 Å². The smallest absolute Gasteiger partial charge is 0.256 e. The summed E-state index contributed by atoms with van der Waals surface area (Å²) in [4.78, 5) is 17.9. The fraction of sp³-hybridized carbons (Fsp3) is 0.458. The molecule has 1 amide bonds. The van der Waals surface area contributed by atoms with Crippen LogP contribution in [0.3, 0.4) is 0 Å². The lowest BCUT2D eigenvalue weighted by Crippen LogP contribution is -2.43. The molecule has 3 atom stereocenters. The van der Waals surface area contributed by atoms with E-state index < -0.39 is 0 Å². The number of aromatic nitrogens is 3. The molecule has 1 fully saturated rings. The van der Waals surface area contributed by atoms with Crippen molar-refractivity contribution >= 4 is 27.5 Å². The number of benzene rings is 1. The molecule has 30 heavy (non-hydrogen) atoms. The number of carbonyl (C=O) groups is 1. The number of halogens is 1. The summed E-state index contributed by atoms with van der Waals surface area (Å²) in [5, 5.41) is 7.77. The van der Waals surface area contributed by atoms with E-state index in [1.54, 1.807) is 6.20 Å². The number of fused-ring (bicyclic) bond motifs is 1. The number of carbonyl (C=O) groups excluding carboxylic acids is 1. The third-order valence-corrected chi connectivity index (χ3v) is 7.24. The SMILES string of the molecule is Cc1nc2c(C(=O)N[C@@H]3CCC[C@@H](C)[C@H]3C)cnn2c(C)c1Cc1cccc(Br)c1. The Morgan fingerprint density at radius 2 is 2.07 bits per heavy atom. The molecule has 6 heteroatoms. The van der Waals surface area contributed by atoms with Gasteiger partial charge in [0.1, 0.15) is 5.56 Å². The van der Waals surface area contributed by atoms with Crippen molar-refractivity contribution in [2.45, 2.75) is 59.4 Å². The second kappa shape index (κ2) is 8.50. The van der Waals surface area contributed by atoms with Gasteiger partial charge in [0.15, 0.2) is 5.65 Å². The molecule has 158 valence electrons. The molecule has 0 radical (unpaired) electrons. The largest absolute Gasteiger partial charge is 0.349 e. The standard InChI is InChI=1S/C24H29BrN4O/c1-14-7-5-10-22(15(14)2)28-24(30)21-13-26-29-17(4)20(16(3)27-23(21)29)12-18-8-6-9-19(25)11-18/h6,8-9,11,13-15,22H,5,7,10,12H2,1-4H3,(H,28,30)/t14-,15-,22-/m1/s1. The molecule has 1 saturated carbocycles. The van der Waals surface area contributed by atoms with Crippen molar-refractivity contribution in [2.75, 3.05) is 0 Å². The summed E-state index contributed by atoms with van der Waals surface area (Å²) in [5.41, 5.74) is 5.51. The van der Waals surface area contributed by atoms with E-state index >= 15 is 0 Å². The van der Waals surface area contributed by atoms with Gasteiger partial charge < -0.3 is 5.32 Å². The molecule has 5 nitrogen and oxygen atoms in total. The Kier molecular flexibility index (Phi) is 5.96. The Hall–Kier alpha value is -2.21. The average molecular weight is 469 g/mol. The van der Waals surface area contributed by atoms with Crippen LogP contribution in [-0.2, 0) is 6.42 Å². The van der Waals surface area contributed by atoms with Crippen molar-refractivity contribution in [1.29, 1.82) is 0 Å². The molecule has 0 aliphatic heterocycles. The normalized spacial score (nSPS) is 21.7. The molecule has 1 aliphatic rings. The molecule has 0 bridgehead atoms. The molecular formula is C24H29BrN4O. The summed E-state index contributed by atoms with van der Waals surface area (Å²) < 4.78 is 2.87. The second-order valence-corrected chi connectivity index (χ2v) is 9.62. The van der Waals surface area contributed by atoms with Crippen LogP contribution < -0.4 is 5.32 Å². The zero-order chi connectivity index (χ0) is 21.4. The number of rotatable bonds is 4. The highest BCUT2D eigenvalue weighted by molar-refractivity contribution is 9.10. The topological polar surface area (TPSA) is 59.3 Å². The van der Waals surface area contributed by atoms with Gasteiger partial charge in [-0.25, -0.2) is 9.50 Å². The van der Waals surface area contributed by atoms with Gasteiger partial charge in [-0.1, -0.05) is 54.8 Å². The maximum atomic E-state index is 13.1. The Morgan fingerprint density at radius 1 is 1.27 bits per heavy atom. The van der Waals surface area contributed by atoms with Gasteiger partial charge in [-0.15, -0.1) is 0 Å². The minimum Gasteiger partial charge on any atom is -0.349 e. The van der Waals surface area contributed by atoms with Crippen LogP contribution in [0.2, 0.25) is 0 Å². The quantitative estimate of drug-likeness (QED) is 0.568. The van der Waals surface area contributed by atoms with E-state index in [2.05, 4.69) is 59.2 Å². The first kappa shape index (κ1) is 21.0. The summed E-state index contributed by atoms with van der Waals surface area (Å²) in [6, 6.07) is 8.52. The Bertz CT molecular complexity index is 1090. The van der Waals surface area contributed by atoms with Gasteiger partial charge >= 0.3 is 0 Å². The molecular weight excluding hydrogens is 440 g/mol. The number of nitrogens with one attached hydrogen (secondary N) is 1. The zero-order valence-electron chi connectivity index (χ0n) is 18.1. The van der Waals surface area contributed by atoms with Gasteiger partial charge in [-0.05, 0) is 55.4 Å². The third kappa shape index (κ3) is 4.02. The molecule has 0 saturated heterocycles. The van der Waals surface area contributed by atoms with Crippen LogP contribution in [0, 0.1) is 25.7 Å². The second-order valence-electron chi connectivity index (χ2n) is 8.71. The molecule has 2 aromatic heterocycles. The van der Waals surface area contributed by atoms with Gasteiger partial charge in [0.05, 0.1) is 6.20 Å². The van der Waals surface area contributed by atoms with E-state index in [1.807, 2.05) is 23.6 Å². The first-order chi connectivity index (χ1) is 14.3. The highest BCUT2D eigenvalue weighted by Crippen LogP contribution is 2.30. The van der Waals surface area contributed by atoms with Crippen molar-refractivity contribution in [3.8, 4) is 0 Å². The van der Waals surface area contributed by atoms with Gasteiger partial charge in [-0.2, -0.15) is 5.10 Å². The Morgan fingerprint density at radius 3 is 2.83 bits per heavy atom. The average Bonchev–Trinajstić information content (AvgIpc) is 3.13. The molecule has 4 rings (SSSR count). The van der Waals surface area contributed by atoms with Gasteiger partial charge in [0.2, 0.25) is 0 Å². The maximum Gasteiger partial charge on any atom is 0.256 e. The third-order valence-electron chi connectivity index (χ3n) is 6.75. The summed E-state index contributed by atoms with van der Waals surface area (Å²) in [5.74, 6) is 1.05. The van der Waals surface area contributed by atoms with Crippen molar-refractivity contribution in [1.82, 2.24) is 19.9 Å². The van der Waals surface area contributed by atoms with Crippen LogP contribution in [-0.4, -0.2) is 26.5 Å². The predicted octanol–water partition coefficient (Wildman–Crippen LogP) is 5.25. The van der Waals surface area contributed by atoms with E-state index in [1.165, 1.54) is 18.4 Å². The molecule has 1 aliphatic carbocycles. The molecule has 1 N–H and O–H groups in total. The van der Waals surface area contributed by atoms with Gasteiger partial charge in [0.25, 0.3) is 5.91 Å². The van der Waals surface area contributed by atoms with Crippen LogP contribution in [0.25, 0.3) is 5.65 Å². The van der Waals surface area contributed by atoms with E-state index in [-0.39, 0.29) is 11.9 Å². The molecule has 2 heterocycles. The predicted molar refractivity (Wildman–Crippen MR) is 123 cm³/mol. The van der Waals surface area contributed by atoms with Crippen LogP contribution in [0.5, 0.6) is 0 Å². The maximum absolute atomic E-state index is 13.1. The Labute approximate surface area is 186 Å². The molecule has 3 aromatic rings. The van der Waals surface area contributed by atoms with Crippen LogP contribution in [0.15, 0.2) is 34.9 Å². The fourth-order valence-corrected chi connectivity index (χ4v) is 5.06. The van der Waals surface area contributed by atoms with E-state index in [4.69, 9.17) is 4.98 Å². The van der Waals surface area contributed by atoms with E-state index in [0.29, 0.717) is 23.0 Å². The van der Waals surface area contributed by atoms with E-state index in [9.17, 15) is 4.79 Å². The number of aryl methyl sites for hydroxylation is 2. The van der Waals surface area contributed by atoms with Crippen LogP contribution in [0.1, 0.15) is 66.0 Å². The minimum absolute atomic E-state index is 0.0676. The number of nitrogens with zero attached hydrogens (tertiary/aromatic N) is 3. The van der Waals surface area contributed by atoms with Crippen molar-refractivity contribution in [3.05, 3.63) is 63.0 Å². The van der Waals surface area contributed by atoms with Gasteiger partial charge in [0, 0.05) is 28.3 Å². The van der Waals surface area contributed by atoms with E-state index in [0.717, 1.165) is 34.3 Å². The monoisotopic (exact) mass is 468 g/mol. The number of amides is 1. The molecule has 1 aromatic carbocycles. The highest BCUT2D eigenvalue weighted by atomic mass is 79.9. The fourth-order valence-electron chi connectivity index (χ4n) is 4.61. The van der Waals surface area contributed by atoms with Crippen LogP contribution in [0.4, 0.5) is 0 Å². The summed E-state index contributed by atoms with van der Waals surface area (Å²) >= 11 is 3.54. The van der Waals surface area contributed by atoms with Crippen molar-refractivity contribution < 1.29 is 4.79 Å². The van der Waals surface area contributed by atoms with Crippen molar-refractivity contribution in [2.24, 2.45) is 11.8 Å². The molecule has 0 unspecified atom stereocenters. The summed E-state index contributed by atoms with van der Waals surface area (Å²) in [6.07, 6.45) is 5.88. The minimum atomic E-state index is -0.0676. The zero-order valence-corrected chi connectivity index (χ0v) is 19.7. The Balaban J connectivity index is 1.63. The number of hydrogen-bond donors (Lipinski definition) is 1. The van der Waals surface area contributed by atoms with Crippen molar-refractivity contribution in [3.63, 3.8) is 0 Å². The molecule has 0 spiro atoms. The lowest BCUT2D eigenvalue weighted by Gasteiger charge is -2.34. The highest BCUT2D eigenvalue weighted by Gasteiger charge is 2.29. The summed E-state index contributed by atoms with van der Waals surface area (Å²) in [7, 11) is 0. The van der Waals surface area contributed by atoms with Gasteiger partial charge in [-0.3, -0.25) is 4.79 Å². The first-order valence-electron chi connectivity index (χ1n) is 10.7. The lowest BCUT2D eigenvalue weighted by atomic mass is 9.78. The summed E-state index contributed by atoms with van der Waals surface area (Å²) in [6.45, 7) is 8.58. The first-order valence-corrected chi connectivity index (χ1v) is 11.5. The number of hydrogen-bond acceptors (Lipinski definition) is 3. The lowest BCUT2D eigenvalue weighted by molar-refractivity contribution is 0.0892.